The highest BCUT2D eigenvalue weighted by Crippen LogP contribution is 2.29. The molecule has 0 atom stereocenters. The molecular weight excluding hydrogens is 418 g/mol. The van der Waals surface area contributed by atoms with E-state index in [1.165, 1.54) is 12.5 Å². The number of imidazole rings is 1. The number of aromatic nitrogens is 5. The summed E-state index contributed by atoms with van der Waals surface area (Å²) in [5, 5.41) is 9.66. The minimum absolute atomic E-state index is 0.0686. The summed E-state index contributed by atoms with van der Waals surface area (Å²) in [6.45, 7) is 6.71. The first-order valence-corrected chi connectivity index (χ1v) is 12.3. The molecule has 0 radical (unpaired) electrons. The van der Waals surface area contributed by atoms with Gasteiger partial charge in [-0.3, -0.25) is 0 Å². The van der Waals surface area contributed by atoms with Crippen LogP contribution < -0.4 is 20.7 Å². The predicted molar refractivity (Wildman–Crippen MR) is 120 cm³/mol. The van der Waals surface area contributed by atoms with Crippen molar-refractivity contribution in [3.8, 4) is 0 Å². The van der Waals surface area contributed by atoms with Crippen molar-refractivity contribution in [3.05, 3.63) is 12.5 Å². The quantitative estimate of drug-likeness (QED) is 0.402. The van der Waals surface area contributed by atoms with E-state index in [0.29, 0.717) is 36.2 Å². The molecule has 0 spiro atoms. The lowest BCUT2D eigenvalue weighted by Crippen LogP contribution is -2.32. The summed E-state index contributed by atoms with van der Waals surface area (Å²) in [5.41, 5.74) is 0. The maximum Gasteiger partial charge on any atom is 0.259 e. The lowest BCUT2D eigenvalue weighted by molar-refractivity contribution is 0.284. The zero-order valence-electron chi connectivity index (χ0n) is 18.4. The largest absolute Gasteiger partial charge is 0.354 e. The third-order valence-electron chi connectivity index (χ3n) is 5.34. The normalized spacial score (nSPS) is 19.2. The Hall–Kier alpha value is -2.47. The van der Waals surface area contributed by atoms with Crippen LogP contribution in [0.4, 0.5) is 17.8 Å². The second-order valence-corrected chi connectivity index (χ2v) is 9.58. The number of hydrogen-bond acceptors (Lipinski definition) is 9. The molecule has 4 N–H and O–H groups in total. The number of sulfonamides is 1. The fraction of sp³-hybridized carbons (Fsp3) is 0.684. The molecule has 2 aromatic heterocycles. The zero-order chi connectivity index (χ0) is 22.3. The van der Waals surface area contributed by atoms with Crippen LogP contribution in [0.5, 0.6) is 0 Å². The van der Waals surface area contributed by atoms with Crippen LogP contribution in [-0.4, -0.2) is 59.1 Å². The smallest absolute Gasteiger partial charge is 0.259 e. The summed E-state index contributed by atoms with van der Waals surface area (Å²) in [4.78, 5) is 17.1. The molecule has 172 valence electrons. The number of nitrogens with zero attached hydrogens (tertiary/aromatic N) is 5. The Labute approximate surface area is 183 Å². The van der Waals surface area contributed by atoms with E-state index in [0.717, 1.165) is 45.3 Å². The molecule has 1 fully saturated rings. The second-order valence-electron chi connectivity index (χ2n) is 7.86. The van der Waals surface area contributed by atoms with Gasteiger partial charge in [-0.2, -0.15) is 15.0 Å². The number of hydrogen-bond donors (Lipinski definition) is 4. The van der Waals surface area contributed by atoms with Crippen LogP contribution in [0.15, 0.2) is 17.6 Å². The van der Waals surface area contributed by atoms with E-state index in [-0.39, 0.29) is 5.03 Å². The Bertz CT molecular complexity index is 915. The van der Waals surface area contributed by atoms with Crippen molar-refractivity contribution < 1.29 is 8.42 Å². The summed E-state index contributed by atoms with van der Waals surface area (Å²) in [5.74, 6) is 2.52. The van der Waals surface area contributed by atoms with E-state index < -0.39 is 10.0 Å². The molecule has 2 aromatic rings. The molecule has 1 saturated carbocycles. The van der Waals surface area contributed by atoms with Crippen LogP contribution in [0.3, 0.4) is 0 Å². The van der Waals surface area contributed by atoms with Gasteiger partial charge < -0.3 is 20.5 Å². The van der Waals surface area contributed by atoms with Crippen molar-refractivity contribution in [3.63, 3.8) is 0 Å². The molecule has 2 heterocycles. The average Bonchev–Trinajstić information content (AvgIpc) is 3.19. The molecule has 1 aliphatic rings. The predicted octanol–water partition coefficient (Wildman–Crippen LogP) is 1.67. The first-order chi connectivity index (χ1) is 14.9. The molecular formula is C19H33N9O2S. The van der Waals surface area contributed by atoms with E-state index in [1.54, 1.807) is 11.6 Å². The van der Waals surface area contributed by atoms with Gasteiger partial charge in [0.05, 0.1) is 6.33 Å². The van der Waals surface area contributed by atoms with E-state index in [1.807, 2.05) is 13.8 Å². The number of rotatable bonds is 11. The van der Waals surface area contributed by atoms with Gasteiger partial charge in [-0.05, 0) is 51.4 Å². The summed E-state index contributed by atoms with van der Waals surface area (Å²) in [7, 11) is -1.79. The topological polar surface area (TPSA) is 139 Å². The molecule has 0 unspecified atom stereocenters. The van der Waals surface area contributed by atoms with Gasteiger partial charge in [0.25, 0.3) is 10.0 Å². The van der Waals surface area contributed by atoms with Gasteiger partial charge in [-0.1, -0.05) is 0 Å². The average molecular weight is 452 g/mol. The Balaban J connectivity index is 1.45. The van der Waals surface area contributed by atoms with Gasteiger partial charge in [0.2, 0.25) is 17.8 Å². The molecule has 1 aliphatic carbocycles. The summed E-state index contributed by atoms with van der Waals surface area (Å²) in [6, 6.07) is 0. The summed E-state index contributed by atoms with van der Waals surface area (Å²) in [6.07, 6.45) is 7.04. The highest BCUT2D eigenvalue weighted by molar-refractivity contribution is 7.89. The Kier molecular flexibility index (Phi) is 8.02. The maximum atomic E-state index is 12.3. The van der Waals surface area contributed by atoms with Gasteiger partial charge in [0.1, 0.15) is 0 Å². The minimum Gasteiger partial charge on any atom is -0.354 e. The first kappa shape index (κ1) is 23.2. The van der Waals surface area contributed by atoms with Crippen molar-refractivity contribution >= 4 is 27.9 Å². The van der Waals surface area contributed by atoms with E-state index in [9.17, 15) is 8.42 Å². The molecule has 11 nitrogen and oxygen atoms in total. The van der Waals surface area contributed by atoms with Crippen LogP contribution >= 0.6 is 0 Å². The summed E-state index contributed by atoms with van der Waals surface area (Å²) >= 11 is 0. The van der Waals surface area contributed by atoms with Crippen molar-refractivity contribution in [1.82, 2.24) is 29.2 Å². The Morgan fingerprint density at radius 2 is 1.42 bits per heavy atom. The van der Waals surface area contributed by atoms with Crippen LogP contribution in [-0.2, 0) is 17.1 Å². The third kappa shape index (κ3) is 6.76. The highest BCUT2D eigenvalue weighted by Gasteiger charge is 2.24. The molecule has 31 heavy (non-hydrogen) atoms. The van der Waals surface area contributed by atoms with E-state index >= 15 is 0 Å². The molecule has 0 aliphatic heterocycles. The van der Waals surface area contributed by atoms with Gasteiger partial charge >= 0.3 is 0 Å². The first-order valence-electron chi connectivity index (χ1n) is 10.8. The van der Waals surface area contributed by atoms with Crippen molar-refractivity contribution in [2.45, 2.75) is 44.6 Å². The van der Waals surface area contributed by atoms with Gasteiger partial charge in [-0.15, -0.1) is 0 Å². The van der Waals surface area contributed by atoms with Gasteiger partial charge in [0, 0.05) is 39.4 Å². The number of anilines is 3. The highest BCUT2D eigenvalue weighted by atomic mass is 32.2. The maximum absolute atomic E-state index is 12.3. The van der Waals surface area contributed by atoms with Crippen LogP contribution in [0, 0.1) is 11.8 Å². The summed E-state index contributed by atoms with van der Waals surface area (Å²) < 4.78 is 29.0. The third-order valence-corrected chi connectivity index (χ3v) is 6.65. The number of nitrogens with one attached hydrogen (secondary N) is 4. The Morgan fingerprint density at radius 3 is 1.90 bits per heavy atom. The molecule has 3 rings (SSSR count). The second kappa shape index (κ2) is 10.7. The lowest BCUT2D eigenvalue weighted by Gasteiger charge is -2.28. The Morgan fingerprint density at radius 1 is 0.903 bits per heavy atom. The number of aryl methyl sites for hydroxylation is 1. The molecule has 0 saturated heterocycles. The van der Waals surface area contributed by atoms with Gasteiger partial charge in [0.15, 0.2) is 5.03 Å². The van der Waals surface area contributed by atoms with Crippen LogP contribution in [0.25, 0.3) is 0 Å². The standard InChI is InChI=1S/C19H33N9O2S/c1-4-20-17-25-18(21-5-2)27-19(26-17)22-10-14-6-8-15(9-7-14)11-24-31(29,30)16-12-28(3)13-23-16/h12-15,24H,4-11H2,1-3H3,(H3,20,21,22,25,26,27). The van der Waals surface area contributed by atoms with E-state index in [2.05, 4.69) is 40.6 Å². The van der Waals surface area contributed by atoms with Crippen molar-refractivity contribution in [2.75, 3.05) is 42.1 Å². The fourth-order valence-electron chi connectivity index (χ4n) is 3.63. The lowest BCUT2D eigenvalue weighted by atomic mass is 9.82. The molecule has 12 heteroatoms. The zero-order valence-corrected chi connectivity index (χ0v) is 19.2. The van der Waals surface area contributed by atoms with Crippen LogP contribution in [0.1, 0.15) is 39.5 Å². The monoisotopic (exact) mass is 451 g/mol. The molecule has 0 aromatic carbocycles. The van der Waals surface area contributed by atoms with Crippen molar-refractivity contribution in [1.29, 1.82) is 0 Å². The minimum atomic E-state index is -3.55. The molecule has 0 amide bonds. The van der Waals surface area contributed by atoms with Gasteiger partial charge in [-0.25, -0.2) is 18.1 Å². The van der Waals surface area contributed by atoms with E-state index in [4.69, 9.17) is 0 Å². The van der Waals surface area contributed by atoms with Crippen LogP contribution in [0.2, 0.25) is 0 Å². The molecule has 0 bridgehead atoms. The fourth-order valence-corrected chi connectivity index (χ4v) is 4.73. The van der Waals surface area contributed by atoms with Crippen molar-refractivity contribution in [2.24, 2.45) is 18.9 Å². The SMILES string of the molecule is CCNc1nc(NCC)nc(NCC2CCC(CNS(=O)(=O)c3cn(C)cn3)CC2)n1.